The van der Waals surface area contributed by atoms with Gasteiger partial charge in [-0.1, -0.05) is 40.9 Å². The SMILES string of the molecule is Cc1ccc(S(=O)(=O)Nc2cc(Cl)c(F)c(Cl)c2Br)cc1. The fraction of sp³-hybridized carbons (Fsp3) is 0.0769. The van der Waals surface area contributed by atoms with E-state index in [-0.39, 0.29) is 25.1 Å². The molecule has 0 atom stereocenters. The van der Waals surface area contributed by atoms with Gasteiger partial charge in [0.15, 0.2) is 5.82 Å². The fourth-order valence-electron chi connectivity index (χ4n) is 1.57. The number of benzene rings is 2. The van der Waals surface area contributed by atoms with Crippen molar-refractivity contribution in [3.05, 3.63) is 56.2 Å². The van der Waals surface area contributed by atoms with Crippen LogP contribution in [0.5, 0.6) is 0 Å². The summed E-state index contributed by atoms with van der Waals surface area (Å²) < 4.78 is 40.4. The molecule has 0 aliphatic heterocycles. The van der Waals surface area contributed by atoms with Gasteiger partial charge in [0.2, 0.25) is 0 Å². The van der Waals surface area contributed by atoms with E-state index in [1.54, 1.807) is 12.1 Å². The number of aryl methyl sites for hydroxylation is 1. The Labute approximate surface area is 140 Å². The summed E-state index contributed by atoms with van der Waals surface area (Å²) in [6, 6.07) is 7.44. The van der Waals surface area contributed by atoms with Crippen LogP contribution in [0.4, 0.5) is 10.1 Å². The Morgan fingerprint density at radius 1 is 1.19 bits per heavy atom. The van der Waals surface area contributed by atoms with Crippen molar-refractivity contribution in [3.63, 3.8) is 0 Å². The molecule has 112 valence electrons. The lowest BCUT2D eigenvalue weighted by Gasteiger charge is -2.12. The summed E-state index contributed by atoms with van der Waals surface area (Å²) in [5, 5.41) is -0.561. The van der Waals surface area contributed by atoms with Gasteiger partial charge in [-0.3, -0.25) is 4.72 Å². The van der Waals surface area contributed by atoms with E-state index in [4.69, 9.17) is 23.2 Å². The molecule has 0 amide bonds. The van der Waals surface area contributed by atoms with Gasteiger partial charge >= 0.3 is 0 Å². The number of anilines is 1. The number of halogens is 4. The van der Waals surface area contributed by atoms with Crippen LogP contribution in [0.1, 0.15) is 5.56 Å². The highest BCUT2D eigenvalue weighted by Gasteiger charge is 2.20. The molecule has 3 nitrogen and oxygen atoms in total. The Hall–Kier alpha value is -0.820. The second kappa shape index (κ2) is 6.12. The molecule has 0 saturated carbocycles. The van der Waals surface area contributed by atoms with Crippen LogP contribution in [0.15, 0.2) is 39.7 Å². The molecule has 0 spiro atoms. The van der Waals surface area contributed by atoms with E-state index in [9.17, 15) is 12.8 Å². The summed E-state index contributed by atoms with van der Waals surface area (Å²) in [7, 11) is -3.82. The normalized spacial score (nSPS) is 11.5. The second-order valence-electron chi connectivity index (χ2n) is 4.27. The molecule has 2 aromatic rings. The lowest BCUT2D eigenvalue weighted by Crippen LogP contribution is -2.13. The minimum atomic E-state index is -3.82. The summed E-state index contributed by atoms with van der Waals surface area (Å²) in [5.41, 5.74) is 0.995. The zero-order chi connectivity index (χ0) is 15.8. The molecule has 0 radical (unpaired) electrons. The van der Waals surface area contributed by atoms with Crippen LogP contribution in [0, 0.1) is 12.7 Å². The van der Waals surface area contributed by atoms with E-state index in [2.05, 4.69) is 20.7 Å². The smallest absolute Gasteiger partial charge is 0.261 e. The van der Waals surface area contributed by atoms with Gasteiger partial charge in [0.1, 0.15) is 0 Å². The third kappa shape index (κ3) is 3.51. The van der Waals surface area contributed by atoms with Crippen LogP contribution in [-0.2, 0) is 10.0 Å². The van der Waals surface area contributed by atoms with E-state index in [1.807, 2.05) is 6.92 Å². The maximum absolute atomic E-state index is 13.5. The first kappa shape index (κ1) is 16.5. The highest BCUT2D eigenvalue weighted by molar-refractivity contribution is 9.10. The Kier molecular flexibility index (Phi) is 4.82. The first-order chi connectivity index (χ1) is 9.72. The van der Waals surface area contributed by atoms with Gasteiger partial charge in [-0.15, -0.1) is 0 Å². The van der Waals surface area contributed by atoms with Crippen LogP contribution in [0.25, 0.3) is 0 Å². The maximum atomic E-state index is 13.5. The molecular weight excluding hydrogens is 404 g/mol. The molecule has 0 heterocycles. The molecule has 0 aromatic heterocycles. The molecule has 0 aliphatic rings. The van der Waals surface area contributed by atoms with Gasteiger partial charge in [-0.05, 0) is 41.1 Å². The van der Waals surface area contributed by atoms with Gasteiger partial charge in [-0.2, -0.15) is 0 Å². The Balaban J connectivity index is 2.44. The van der Waals surface area contributed by atoms with Crippen LogP contribution >= 0.6 is 39.1 Å². The second-order valence-corrected chi connectivity index (χ2v) is 7.53. The predicted molar refractivity (Wildman–Crippen MR) is 86.1 cm³/mol. The van der Waals surface area contributed by atoms with Gasteiger partial charge in [0, 0.05) is 0 Å². The summed E-state index contributed by atoms with van der Waals surface area (Å²) in [4.78, 5) is 0.0802. The highest BCUT2D eigenvalue weighted by Crippen LogP contribution is 2.37. The summed E-state index contributed by atoms with van der Waals surface area (Å²) in [6.45, 7) is 1.85. The van der Waals surface area contributed by atoms with Gasteiger partial charge in [0.25, 0.3) is 10.0 Å². The Morgan fingerprint density at radius 3 is 2.33 bits per heavy atom. The maximum Gasteiger partial charge on any atom is 0.261 e. The van der Waals surface area contributed by atoms with Crippen molar-refractivity contribution in [1.82, 2.24) is 0 Å². The molecule has 2 rings (SSSR count). The first-order valence-electron chi connectivity index (χ1n) is 5.65. The molecule has 8 heteroatoms. The van der Waals surface area contributed by atoms with Crippen molar-refractivity contribution in [2.24, 2.45) is 0 Å². The molecule has 2 aromatic carbocycles. The van der Waals surface area contributed by atoms with Crippen molar-refractivity contribution >= 4 is 54.8 Å². The third-order valence-corrected chi connectivity index (χ3v) is 5.74. The van der Waals surface area contributed by atoms with Crippen molar-refractivity contribution in [2.75, 3.05) is 4.72 Å². The number of sulfonamides is 1. The van der Waals surface area contributed by atoms with E-state index in [1.165, 1.54) is 12.1 Å². The minimum absolute atomic E-state index is 0.0620. The van der Waals surface area contributed by atoms with Crippen molar-refractivity contribution < 1.29 is 12.8 Å². The van der Waals surface area contributed by atoms with Crippen molar-refractivity contribution in [3.8, 4) is 0 Å². The van der Waals surface area contributed by atoms with Crippen molar-refractivity contribution in [2.45, 2.75) is 11.8 Å². The molecule has 21 heavy (non-hydrogen) atoms. The Bertz CT molecular complexity index is 795. The standard InChI is InChI=1S/C13H9BrCl2FNO2S/c1-7-2-4-8(5-3-7)21(19,20)18-10-6-9(15)13(17)12(16)11(10)14/h2-6,18H,1H3. The fourth-order valence-corrected chi connectivity index (χ4v) is 3.61. The predicted octanol–water partition coefficient (Wildman–Crippen LogP) is 5.00. The Morgan fingerprint density at radius 2 is 1.76 bits per heavy atom. The number of rotatable bonds is 3. The van der Waals surface area contributed by atoms with E-state index in [0.29, 0.717) is 0 Å². The third-order valence-electron chi connectivity index (χ3n) is 2.68. The molecule has 1 N–H and O–H groups in total. The van der Waals surface area contributed by atoms with Crippen LogP contribution in [0.3, 0.4) is 0 Å². The highest BCUT2D eigenvalue weighted by atomic mass is 79.9. The largest absolute Gasteiger partial charge is 0.278 e. The number of hydrogen-bond acceptors (Lipinski definition) is 2. The minimum Gasteiger partial charge on any atom is -0.278 e. The van der Waals surface area contributed by atoms with Gasteiger partial charge in [0.05, 0.1) is 25.1 Å². The number of hydrogen-bond donors (Lipinski definition) is 1. The zero-order valence-corrected chi connectivity index (χ0v) is 14.5. The molecular formula is C13H9BrCl2FNO2S. The molecule has 0 bridgehead atoms. The van der Waals surface area contributed by atoms with Gasteiger partial charge < -0.3 is 0 Å². The van der Waals surface area contributed by atoms with Crippen LogP contribution in [-0.4, -0.2) is 8.42 Å². The van der Waals surface area contributed by atoms with Crippen LogP contribution in [0.2, 0.25) is 10.0 Å². The zero-order valence-electron chi connectivity index (χ0n) is 10.6. The van der Waals surface area contributed by atoms with Crippen molar-refractivity contribution in [1.29, 1.82) is 0 Å². The topological polar surface area (TPSA) is 46.2 Å². The first-order valence-corrected chi connectivity index (χ1v) is 8.68. The average Bonchev–Trinajstić information content (AvgIpc) is 2.42. The van der Waals surface area contributed by atoms with E-state index >= 15 is 0 Å². The molecule has 0 unspecified atom stereocenters. The summed E-state index contributed by atoms with van der Waals surface area (Å²) in [5.74, 6) is -0.816. The number of nitrogens with one attached hydrogen (secondary N) is 1. The summed E-state index contributed by atoms with van der Waals surface area (Å²) >= 11 is 14.5. The molecule has 0 fully saturated rings. The monoisotopic (exact) mass is 411 g/mol. The summed E-state index contributed by atoms with van der Waals surface area (Å²) in [6.07, 6.45) is 0. The molecule has 0 aliphatic carbocycles. The lowest BCUT2D eigenvalue weighted by molar-refractivity contribution is 0.601. The van der Waals surface area contributed by atoms with Crippen LogP contribution < -0.4 is 4.72 Å². The van der Waals surface area contributed by atoms with E-state index in [0.717, 1.165) is 11.6 Å². The van der Waals surface area contributed by atoms with E-state index < -0.39 is 15.8 Å². The quantitative estimate of drug-likeness (QED) is 0.569. The van der Waals surface area contributed by atoms with Gasteiger partial charge in [-0.25, -0.2) is 12.8 Å². The lowest BCUT2D eigenvalue weighted by atomic mass is 10.2. The molecule has 0 saturated heterocycles. The average molecular weight is 413 g/mol.